The van der Waals surface area contributed by atoms with Crippen molar-refractivity contribution in [1.29, 1.82) is 0 Å². The van der Waals surface area contributed by atoms with Crippen LogP contribution in [0.2, 0.25) is 0 Å². The van der Waals surface area contributed by atoms with Crippen molar-refractivity contribution in [3.05, 3.63) is 29.8 Å². The van der Waals surface area contributed by atoms with E-state index < -0.39 is 36.2 Å². The standard InChI is InChI=1S/C12H13F2NO4/c1-2-9(12(17)18)15-11(16)6-19-10-4-3-7(13)5-8(10)14/h3-5,9H,2,6H2,1H3,(H,15,16)(H,17,18)/t9-/m0/s1. The van der Waals surface area contributed by atoms with Crippen LogP contribution in [0.4, 0.5) is 8.78 Å². The zero-order valence-corrected chi connectivity index (χ0v) is 10.2. The molecule has 7 heteroatoms. The summed E-state index contributed by atoms with van der Waals surface area (Å²) >= 11 is 0. The molecule has 0 fully saturated rings. The van der Waals surface area contributed by atoms with Crippen molar-refractivity contribution in [2.75, 3.05) is 6.61 Å². The van der Waals surface area contributed by atoms with Gasteiger partial charge in [0.05, 0.1) is 0 Å². The van der Waals surface area contributed by atoms with Crippen molar-refractivity contribution in [3.63, 3.8) is 0 Å². The van der Waals surface area contributed by atoms with Gasteiger partial charge in [-0.05, 0) is 18.6 Å². The maximum atomic E-state index is 13.2. The van der Waals surface area contributed by atoms with Crippen LogP contribution >= 0.6 is 0 Å². The number of ether oxygens (including phenoxy) is 1. The average molecular weight is 273 g/mol. The zero-order chi connectivity index (χ0) is 14.4. The maximum Gasteiger partial charge on any atom is 0.326 e. The van der Waals surface area contributed by atoms with Gasteiger partial charge in [0.1, 0.15) is 11.9 Å². The number of hydrogen-bond donors (Lipinski definition) is 2. The van der Waals surface area contributed by atoms with Crippen LogP contribution in [0.5, 0.6) is 5.75 Å². The molecule has 0 radical (unpaired) electrons. The highest BCUT2D eigenvalue weighted by Crippen LogP contribution is 2.17. The Hall–Kier alpha value is -2.18. The average Bonchev–Trinajstić information content (AvgIpc) is 2.34. The molecule has 1 rings (SSSR count). The van der Waals surface area contributed by atoms with Crippen molar-refractivity contribution >= 4 is 11.9 Å². The fourth-order valence-electron chi connectivity index (χ4n) is 1.31. The third-order valence-corrected chi connectivity index (χ3v) is 2.29. The van der Waals surface area contributed by atoms with Gasteiger partial charge >= 0.3 is 5.97 Å². The molecule has 0 unspecified atom stereocenters. The van der Waals surface area contributed by atoms with Gasteiger partial charge in [-0.1, -0.05) is 6.92 Å². The molecule has 1 atom stereocenters. The van der Waals surface area contributed by atoms with Gasteiger partial charge in [-0.2, -0.15) is 0 Å². The van der Waals surface area contributed by atoms with Gasteiger partial charge in [-0.3, -0.25) is 4.79 Å². The van der Waals surface area contributed by atoms with Crippen LogP contribution in [0.25, 0.3) is 0 Å². The van der Waals surface area contributed by atoms with Crippen LogP contribution in [-0.4, -0.2) is 29.6 Å². The summed E-state index contributed by atoms with van der Waals surface area (Å²) < 4.78 is 30.6. The van der Waals surface area contributed by atoms with Crippen molar-refractivity contribution in [2.45, 2.75) is 19.4 Å². The van der Waals surface area contributed by atoms with Gasteiger partial charge in [0, 0.05) is 6.07 Å². The Bertz CT molecular complexity index is 479. The van der Waals surface area contributed by atoms with Crippen LogP contribution in [-0.2, 0) is 9.59 Å². The number of aliphatic carboxylic acids is 1. The molecule has 0 aliphatic carbocycles. The molecule has 5 nitrogen and oxygen atoms in total. The number of carbonyl (C=O) groups excluding carboxylic acids is 1. The van der Waals surface area contributed by atoms with E-state index in [2.05, 4.69) is 5.32 Å². The first-order valence-corrected chi connectivity index (χ1v) is 5.54. The van der Waals surface area contributed by atoms with Crippen LogP contribution in [0.1, 0.15) is 13.3 Å². The molecule has 1 amide bonds. The molecular formula is C12H13F2NO4. The minimum atomic E-state index is -1.16. The van der Waals surface area contributed by atoms with Crippen molar-refractivity contribution in [3.8, 4) is 5.75 Å². The molecule has 2 N–H and O–H groups in total. The first kappa shape index (κ1) is 14.9. The Labute approximate surface area is 108 Å². The van der Waals surface area contributed by atoms with Gasteiger partial charge < -0.3 is 15.2 Å². The minimum absolute atomic E-state index is 0.214. The molecule has 0 spiro atoms. The zero-order valence-electron chi connectivity index (χ0n) is 10.2. The number of carboxylic acid groups (broad SMARTS) is 1. The summed E-state index contributed by atoms with van der Waals surface area (Å²) in [4.78, 5) is 22.0. The summed E-state index contributed by atoms with van der Waals surface area (Å²) in [6, 6.07) is 1.64. The molecular weight excluding hydrogens is 260 g/mol. The summed E-state index contributed by atoms with van der Waals surface area (Å²) in [6.45, 7) is 1.05. The summed E-state index contributed by atoms with van der Waals surface area (Å²) in [6.07, 6.45) is 0.214. The van der Waals surface area contributed by atoms with E-state index in [1.165, 1.54) is 0 Å². The van der Waals surface area contributed by atoms with Crippen molar-refractivity contribution in [1.82, 2.24) is 5.32 Å². The lowest BCUT2D eigenvalue weighted by Crippen LogP contribution is -2.42. The van der Waals surface area contributed by atoms with Gasteiger partial charge in [0.2, 0.25) is 0 Å². The van der Waals surface area contributed by atoms with Gasteiger partial charge in [-0.15, -0.1) is 0 Å². The molecule has 1 aromatic carbocycles. The van der Waals surface area contributed by atoms with E-state index in [1.54, 1.807) is 6.92 Å². The van der Waals surface area contributed by atoms with Crippen molar-refractivity contribution < 1.29 is 28.2 Å². The normalized spacial score (nSPS) is 11.7. The fraction of sp³-hybridized carbons (Fsp3) is 0.333. The highest BCUT2D eigenvalue weighted by Gasteiger charge is 2.18. The predicted molar refractivity (Wildman–Crippen MR) is 61.7 cm³/mol. The Morgan fingerprint density at radius 3 is 2.63 bits per heavy atom. The molecule has 0 saturated carbocycles. The molecule has 0 aliphatic rings. The van der Waals surface area contributed by atoms with Crippen LogP contribution in [0, 0.1) is 11.6 Å². The van der Waals surface area contributed by atoms with Crippen LogP contribution in [0.3, 0.4) is 0 Å². The monoisotopic (exact) mass is 273 g/mol. The lowest BCUT2D eigenvalue weighted by atomic mass is 10.2. The summed E-state index contributed by atoms with van der Waals surface area (Å²) in [7, 11) is 0. The number of amides is 1. The third kappa shape index (κ3) is 4.53. The van der Waals surface area contributed by atoms with Gasteiger partial charge in [0.25, 0.3) is 5.91 Å². The highest BCUT2D eigenvalue weighted by molar-refractivity contribution is 5.84. The van der Waals surface area contributed by atoms with E-state index in [9.17, 15) is 18.4 Å². The first-order valence-electron chi connectivity index (χ1n) is 5.54. The van der Waals surface area contributed by atoms with Gasteiger partial charge in [-0.25, -0.2) is 13.6 Å². The number of halogens is 2. The molecule has 0 bridgehead atoms. The second-order valence-electron chi connectivity index (χ2n) is 3.73. The molecule has 104 valence electrons. The summed E-state index contributed by atoms with van der Waals surface area (Å²) in [5.74, 6) is -3.83. The Morgan fingerprint density at radius 1 is 1.42 bits per heavy atom. The molecule has 19 heavy (non-hydrogen) atoms. The molecule has 1 aromatic rings. The van der Waals surface area contributed by atoms with Gasteiger partial charge in [0.15, 0.2) is 18.2 Å². The lowest BCUT2D eigenvalue weighted by Gasteiger charge is -2.12. The molecule has 0 aliphatic heterocycles. The largest absolute Gasteiger partial charge is 0.481 e. The second kappa shape index (κ2) is 6.67. The number of carboxylic acids is 1. The minimum Gasteiger partial charge on any atom is -0.481 e. The second-order valence-corrected chi connectivity index (χ2v) is 3.73. The number of benzene rings is 1. The Kier molecular flexibility index (Phi) is 5.23. The Balaban J connectivity index is 2.52. The topological polar surface area (TPSA) is 75.6 Å². The quantitative estimate of drug-likeness (QED) is 0.819. The van der Waals surface area contributed by atoms with E-state index in [1.807, 2.05) is 0 Å². The van der Waals surface area contributed by atoms with E-state index in [-0.39, 0.29) is 12.2 Å². The SMILES string of the molecule is CC[C@H](NC(=O)COc1ccc(F)cc1F)C(=O)O. The first-order chi connectivity index (χ1) is 8.93. The predicted octanol–water partition coefficient (Wildman–Crippen LogP) is 1.32. The van der Waals surface area contributed by atoms with E-state index in [4.69, 9.17) is 9.84 Å². The molecule has 0 saturated heterocycles. The summed E-state index contributed by atoms with van der Waals surface area (Å²) in [5.41, 5.74) is 0. The number of rotatable bonds is 6. The third-order valence-electron chi connectivity index (χ3n) is 2.29. The smallest absolute Gasteiger partial charge is 0.326 e. The van der Waals surface area contributed by atoms with Crippen molar-refractivity contribution in [2.24, 2.45) is 0 Å². The van der Waals surface area contributed by atoms with E-state index in [0.29, 0.717) is 6.07 Å². The van der Waals surface area contributed by atoms with Crippen LogP contribution < -0.4 is 10.1 Å². The number of hydrogen-bond acceptors (Lipinski definition) is 3. The lowest BCUT2D eigenvalue weighted by molar-refractivity contribution is -0.142. The number of carbonyl (C=O) groups is 2. The maximum absolute atomic E-state index is 13.2. The van der Waals surface area contributed by atoms with E-state index in [0.717, 1.165) is 12.1 Å². The van der Waals surface area contributed by atoms with Crippen LogP contribution in [0.15, 0.2) is 18.2 Å². The van der Waals surface area contributed by atoms with E-state index >= 15 is 0 Å². The number of nitrogens with one attached hydrogen (secondary N) is 1. The summed E-state index contributed by atoms with van der Waals surface area (Å²) in [5, 5.41) is 10.9. The molecule has 0 heterocycles. The molecule has 0 aromatic heterocycles. The Morgan fingerprint density at radius 2 is 2.11 bits per heavy atom. The highest BCUT2D eigenvalue weighted by atomic mass is 19.1. The fourth-order valence-corrected chi connectivity index (χ4v) is 1.31.